The molecule has 3 aliphatic rings. The first kappa shape index (κ1) is 28.2. The van der Waals surface area contributed by atoms with E-state index in [1.54, 1.807) is 11.1 Å². The van der Waals surface area contributed by atoms with Gasteiger partial charge < -0.3 is 0 Å². The molecule has 0 bridgehead atoms. The molecule has 0 nitrogen and oxygen atoms in total. The van der Waals surface area contributed by atoms with Gasteiger partial charge in [-0.3, -0.25) is 0 Å². The fraction of sp³-hybridized carbons (Fsp3) is 0.120. The van der Waals surface area contributed by atoms with Crippen LogP contribution in [0.5, 0.6) is 0 Å². The van der Waals surface area contributed by atoms with Gasteiger partial charge in [-0.1, -0.05) is 159 Å². The lowest BCUT2D eigenvalue weighted by molar-refractivity contribution is 0.353. The maximum Gasteiger partial charge on any atom is 0.0215 e. The van der Waals surface area contributed by atoms with Gasteiger partial charge in [-0.2, -0.15) is 0 Å². The van der Waals surface area contributed by atoms with Crippen molar-refractivity contribution in [2.75, 3.05) is 0 Å². The second-order valence-corrected chi connectivity index (χ2v) is 14.7. The maximum absolute atomic E-state index is 2.57. The second-order valence-electron chi connectivity index (χ2n) is 14.7. The summed E-state index contributed by atoms with van der Waals surface area (Å²) in [6, 6.07) is 59.7. The summed E-state index contributed by atoms with van der Waals surface area (Å²) in [6.45, 7) is 0. The largest absolute Gasteiger partial charge is 0.0622 e. The van der Waals surface area contributed by atoms with E-state index < -0.39 is 0 Å². The van der Waals surface area contributed by atoms with E-state index in [1.807, 2.05) is 0 Å². The fourth-order valence-electron chi connectivity index (χ4n) is 10.0. The van der Waals surface area contributed by atoms with Crippen LogP contribution in [0.3, 0.4) is 0 Å². The average molecular weight is 637 g/mol. The molecule has 0 aromatic heterocycles. The number of hydrogen-bond donors (Lipinski definition) is 0. The highest BCUT2D eigenvalue weighted by molar-refractivity contribution is 6.22. The summed E-state index contributed by atoms with van der Waals surface area (Å²) < 4.78 is 0. The summed E-state index contributed by atoms with van der Waals surface area (Å²) in [5.74, 6) is 0. The maximum atomic E-state index is 2.57. The summed E-state index contributed by atoms with van der Waals surface area (Å²) in [5, 5.41) is 5.34. The molecule has 1 spiro atoms. The van der Waals surface area contributed by atoms with Crippen molar-refractivity contribution in [3.63, 3.8) is 0 Å². The van der Waals surface area contributed by atoms with Crippen LogP contribution in [0.15, 0.2) is 158 Å². The molecule has 0 heterocycles. The summed E-state index contributed by atoms with van der Waals surface area (Å²) in [6.07, 6.45) is 6.47. The average Bonchev–Trinajstić information content (AvgIpc) is 3.64. The molecular weight excluding hydrogens is 601 g/mol. The highest BCUT2D eigenvalue weighted by atomic mass is 14.5. The van der Waals surface area contributed by atoms with E-state index >= 15 is 0 Å². The zero-order chi connectivity index (χ0) is 32.8. The molecular formula is C50H36. The number of fused-ring (bicyclic) bond motifs is 9. The van der Waals surface area contributed by atoms with Crippen molar-refractivity contribution < 1.29 is 0 Å². The molecule has 50 heavy (non-hydrogen) atoms. The van der Waals surface area contributed by atoms with Crippen LogP contribution in [-0.4, -0.2) is 0 Å². The third-order valence-electron chi connectivity index (χ3n) is 12.2. The lowest BCUT2D eigenvalue weighted by Gasteiger charge is -2.36. The number of hydrogen-bond acceptors (Lipinski definition) is 0. The topological polar surface area (TPSA) is 0 Å². The van der Waals surface area contributed by atoms with Crippen molar-refractivity contribution in [3.8, 4) is 66.8 Å². The van der Waals surface area contributed by atoms with Crippen LogP contribution in [0.2, 0.25) is 0 Å². The van der Waals surface area contributed by atoms with Gasteiger partial charge in [0.2, 0.25) is 0 Å². The van der Waals surface area contributed by atoms with Crippen molar-refractivity contribution in [1.29, 1.82) is 0 Å². The quantitative estimate of drug-likeness (QED) is 0.181. The Morgan fingerprint density at radius 2 is 0.820 bits per heavy atom. The highest BCUT2D eigenvalue weighted by Crippen LogP contribution is 2.57. The Morgan fingerprint density at radius 1 is 0.300 bits per heavy atom. The van der Waals surface area contributed by atoms with Crippen molar-refractivity contribution >= 4 is 21.5 Å². The molecule has 3 aliphatic carbocycles. The minimum atomic E-state index is 0.151. The smallest absolute Gasteiger partial charge is 0.0215 e. The van der Waals surface area contributed by atoms with Crippen LogP contribution < -0.4 is 0 Å². The van der Waals surface area contributed by atoms with E-state index in [-0.39, 0.29) is 5.41 Å². The first-order valence-electron chi connectivity index (χ1n) is 18.3. The Balaban J connectivity index is 1.12. The van der Waals surface area contributed by atoms with E-state index in [0.29, 0.717) is 0 Å². The summed E-state index contributed by atoms with van der Waals surface area (Å²) in [7, 11) is 0. The number of rotatable bonds is 3. The molecule has 0 unspecified atom stereocenters. The molecule has 0 radical (unpaired) electrons. The molecule has 0 heteroatoms. The molecule has 0 amide bonds. The van der Waals surface area contributed by atoms with Crippen LogP contribution in [0, 0.1) is 0 Å². The lowest BCUT2D eigenvalue weighted by atomic mass is 9.67. The minimum Gasteiger partial charge on any atom is -0.0622 e. The Bertz CT molecular complexity index is 2560. The third kappa shape index (κ3) is 3.88. The molecule has 1 fully saturated rings. The van der Waals surface area contributed by atoms with Gasteiger partial charge in [-0.05, 0) is 130 Å². The van der Waals surface area contributed by atoms with Crippen molar-refractivity contribution in [2.45, 2.75) is 37.5 Å². The minimum absolute atomic E-state index is 0.151. The number of benzene rings is 8. The molecule has 0 aliphatic heterocycles. The monoisotopic (exact) mass is 636 g/mol. The van der Waals surface area contributed by atoms with Crippen LogP contribution >= 0.6 is 0 Å². The first-order valence-corrected chi connectivity index (χ1v) is 18.3. The molecule has 0 saturated heterocycles. The molecule has 11 rings (SSSR count). The van der Waals surface area contributed by atoms with Crippen molar-refractivity contribution in [1.82, 2.24) is 0 Å². The first-order chi connectivity index (χ1) is 24.8. The molecule has 8 aromatic rings. The predicted molar refractivity (Wildman–Crippen MR) is 211 cm³/mol. The molecule has 1 saturated carbocycles. The van der Waals surface area contributed by atoms with E-state index in [1.165, 1.54) is 120 Å². The van der Waals surface area contributed by atoms with E-state index in [2.05, 4.69) is 158 Å². The van der Waals surface area contributed by atoms with Gasteiger partial charge in [-0.15, -0.1) is 0 Å². The summed E-state index contributed by atoms with van der Waals surface area (Å²) in [4.78, 5) is 0. The highest BCUT2D eigenvalue weighted by Gasteiger charge is 2.43. The van der Waals surface area contributed by atoms with Crippen LogP contribution in [0.1, 0.15) is 43.2 Å². The van der Waals surface area contributed by atoms with Gasteiger partial charge in [0, 0.05) is 5.41 Å². The molecule has 236 valence electrons. The normalized spacial score (nSPS) is 15.0. The van der Waals surface area contributed by atoms with Crippen molar-refractivity contribution in [3.05, 3.63) is 169 Å². The van der Waals surface area contributed by atoms with Gasteiger partial charge in [0.25, 0.3) is 0 Å². The predicted octanol–water partition coefficient (Wildman–Crippen LogP) is 13.9. The van der Waals surface area contributed by atoms with Crippen LogP contribution in [-0.2, 0) is 5.41 Å². The molecule has 0 atom stereocenters. The lowest BCUT2D eigenvalue weighted by Crippen LogP contribution is -2.28. The van der Waals surface area contributed by atoms with Crippen molar-refractivity contribution in [2.24, 2.45) is 0 Å². The Morgan fingerprint density at radius 3 is 1.50 bits per heavy atom. The molecule has 8 aromatic carbocycles. The van der Waals surface area contributed by atoms with Gasteiger partial charge in [-0.25, -0.2) is 0 Å². The summed E-state index contributed by atoms with van der Waals surface area (Å²) >= 11 is 0. The van der Waals surface area contributed by atoms with Crippen LogP contribution in [0.25, 0.3) is 88.3 Å². The van der Waals surface area contributed by atoms with Gasteiger partial charge in [0.05, 0.1) is 0 Å². The van der Waals surface area contributed by atoms with E-state index in [4.69, 9.17) is 0 Å². The third-order valence-corrected chi connectivity index (χ3v) is 12.2. The fourth-order valence-corrected chi connectivity index (χ4v) is 10.0. The Kier molecular flexibility index (Phi) is 5.99. The second kappa shape index (κ2) is 10.6. The Labute approximate surface area is 293 Å². The van der Waals surface area contributed by atoms with E-state index in [0.717, 1.165) is 0 Å². The molecule has 0 N–H and O–H groups in total. The standard InChI is InChI=1S/C50H36/c1-4-13-32(14-5-1)35-23-24-36(33-15-6-2-7-16-33)44-31-46-42-26-25-37(40-18-12-19-41(49(40)42)45(46)30-43(35)44)34-21-22-39-38-17-8-9-20-47(38)50(48(39)29-34)27-10-3-11-28-50/h1-2,4-9,12-26,29-31H,3,10-11,27-28H2. The summed E-state index contributed by atoms with van der Waals surface area (Å²) in [5.41, 5.74) is 19.3. The van der Waals surface area contributed by atoms with Gasteiger partial charge >= 0.3 is 0 Å². The van der Waals surface area contributed by atoms with Crippen LogP contribution in [0.4, 0.5) is 0 Å². The zero-order valence-corrected chi connectivity index (χ0v) is 28.0. The zero-order valence-electron chi connectivity index (χ0n) is 28.0. The van der Waals surface area contributed by atoms with Gasteiger partial charge in [0.1, 0.15) is 0 Å². The Hall–Kier alpha value is -5.72. The van der Waals surface area contributed by atoms with Gasteiger partial charge in [0.15, 0.2) is 0 Å². The SMILES string of the molecule is c1ccc(-c2ccc(-c3ccccc3)c3cc4c(cc23)-c2cccc3c(-c5ccc6c(c5)C5(CCCCC5)c5ccccc5-6)ccc-4c23)cc1. The van der Waals surface area contributed by atoms with E-state index in [9.17, 15) is 0 Å².